The summed E-state index contributed by atoms with van der Waals surface area (Å²) in [5, 5.41) is 1.61. The first-order valence-corrected chi connectivity index (χ1v) is 3.18. The fraction of sp³-hybridized carbons (Fsp3) is 0.250. The molecule has 3 heteroatoms. The molecule has 0 aliphatic carbocycles. The lowest BCUT2D eigenvalue weighted by atomic mass is 10.6. The van der Waals surface area contributed by atoms with Gasteiger partial charge in [0.05, 0.1) is 16.3 Å². The van der Waals surface area contributed by atoms with Gasteiger partial charge in [-0.2, -0.15) is 0 Å². The van der Waals surface area contributed by atoms with Gasteiger partial charge in [-0.25, -0.2) is 4.21 Å². The van der Waals surface area contributed by atoms with Crippen molar-refractivity contribution in [3.8, 4) is 0 Å². The van der Waals surface area contributed by atoms with E-state index in [-0.39, 0.29) is 0 Å². The summed E-state index contributed by atoms with van der Waals surface area (Å²) >= 11 is 0. The quantitative estimate of drug-likeness (QED) is 0.455. The highest BCUT2D eigenvalue weighted by atomic mass is 32.2. The first-order chi connectivity index (χ1) is 3.29. The summed E-state index contributed by atoms with van der Waals surface area (Å²) in [6.45, 7) is 1.82. The van der Waals surface area contributed by atoms with E-state index in [1.54, 1.807) is 5.41 Å². The second-order valence-electron chi connectivity index (χ2n) is 1.32. The Hall–Kier alpha value is -0.440. The van der Waals surface area contributed by atoms with Gasteiger partial charge in [-0.05, 0) is 6.92 Å². The molecule has 0 saturated carbocycles. The molecule has 38 valence electrons. The first kappa shape index (κ1) is 4.71. The molecule has 7 heavy (non-hydrogen) atoms. The van der Waals surface area contributed by atoms with Crippen molar-refractivity contribution in [1.29, 1.82) is 0 Å². The summed E-state index contributed by atoms with van der Waals surface area (Å²) in [7, 11) is -0.907. The maximum absolute atomic E-state index is 10.3. The van der Waals surface area contributed by atoms with Gasteiger partial charge >= 0.3 is 0 Å². The van der Waals surface area contributed by atoms with Crippen LogP contribution in [0.15, 0.2) is 16.1 Å². The molecule has 1 rings (SSSR count). The molecule has 0 N–H and O–H groups in total. The molecule has 0 fully saturated rings. The van der Waals surface area contributed by atoms with Gasteiger partial charge in [0.1, 0.15) is 0 Å². The average molecular weight is 115 g/mol. The molecule has 0 aromatic carbocycles. The van der Waals surface area contributed by atoms with Crippen molar-refractivity contribution in [2.45, 2.75) is 6.92 Å². The van der Waals surface area contributed by atoms with E-state index < -0.39 is 10.8 Å². The van der Waals surface area contributed by atoms with Crippen molar-refractivity contribution >= 4 is 16.3 Å². The Morgan fingerprint density at radius 3 is 2.71 bits per heavy atom. The smallest absolute Gasteiger partial charge is 0.0955 e. The number of rotatable bonds is 0. The summed E-state index contributed by atoms with van der Waals surface area (Å²) in [6, 6.07) is 0. The third-order valence-electron chi connectivity index (χ3n) is 0.647. The van der Waals surface area contributed by atoms with Gasteiger partial charge in [0, 0.05) is 11.1 Å². The molecule has 2 nitrogen and oxygen atoms in total. The van der Waals surface area contributed by atoms with Crippen LogP contribution in [0.4, 0.5) is 0 Å². The van der Waals surface area contributed by atoms with E-state index in [9.17, 15) is 4.21 Å². The van der Waals surface area contributed by atoms with Crippen LogP contribution in [0.2, 0.25) is 0 Å². The van der Waals surface area contributed by atoms with Crippen LogP contribution < -0.4 is 0 Å². The van der Waals surface area contributed by atoms with E-state index in [2.05, 4.69) is 4.99 Å². The van der Waals surface area contributed by atoms with Gasteiger partial charge in [0.15, 0.2) is 0 Å². The van der Waals surface area contributed by atoms with E-state index in [1.807, 2.05) is 6.92 Å². The molecule has 1 heterocycles. The Bertz CT molecular complexity index is 159. The normalized spacial score (nSPS) is 28.1. The fourth-order valence-corrected chi connectivity index (χ4v) is 1.09. The van der Waals surface area contributed by atoms with Gasteiger partial charge in [0.25, 0.3) is 0 Å². The minimum Gasteiger partial charge on any atom is -0.251 e. The van der Waals surface area contributed by atoms with Crippen molar-refractivity contribution in [2.75, 3.05) is 0 Å². The number of hydrogen-bond donors (Lipinski definition) is 0. The maximum atomic E-state index is 10.3. The van der Waals surface area contributed by atoms with Crippen LogP contribution >= 0.6 is 0 Å². The van der Waals surface area contributed by atoms with Gasteiger partial charge < -0.3 is 0 Å². The van der Waals surface area contributed by atoms with Crippen molar-refractivity contribution in [1.82, 2.24) is 0 Å². The van der Waals surface area contributed by atoms with Crippen LogP contribution in [-0.2, 0) is 10.8 Å². The minimum absolute atomic E-state index is 0.846. The Kier molecular flexibility index (Phi) is 1.06. The summed E-state index contributed by atoms with van der Waals surface area (Å²) in [6.07, 6.45) is 0. The molecular formula is C4H5NOS. The summed E-state index contributed by atoms with van der Waals surface area (Å²) in [5.74, 6) is 0. The molecule has 0 saturated heterocycles. The predicted molar refractivity (Wildman–Crippen MR) is 30.4 cm³/mol. The first-order valence-electron chi connectivity index (χ1n) is 1.91. The molecule has 0 amide bonds. The van der Waals surface area contributed by atoms with E-state index in [1.165, 1.54) is 5.55 Å². The van der Waals surface area contributed by atoms with Gasteiger partial charge in [-0.15, -0.1) is 0 Å². The van der Waals surface area contributed by atoms with Crippen LogP contribution in [0.5, 0.6) is 0 Å². The maximum Gasteiger partial charge on any atom is 0.0955 e. The third-order valence-corrected chi connectivity index (χ3v) is 1.53. The molecule has 1 atom stereocenters. The van der Waals surface area contributed by atoms with Gasteiger partial charge in [-0.1, -0.05) is 0 Å². The lowest BCUT2D eigenvalue weighted by Crippen LogP contribution is -1.73. The van der Waals surface area contributed by atoms with Crippen molar-refractivity contribution in [3.63, 3.8) is 0 Å². The van der Waals surface area contributed by atoms with Crippen LogP contribution in [-0.4, -0.2) is 9.76 Å². The lowest BCUT2D eigenvalue weighted by molar-refractivity contribution is 0.695. The predicted octanol–water partition coefficient (Wildman–Crippen LogP) is 0.638. The SMILES string of the molecule is CC1=CS(=O)C=N1. The Morgan fingerprint density at radius 1 is 1.86 bits per heavy atom. The summed E-state index contributed by atoms with van der Waals surface area (Å²) in [5.41, 5.74) is 2.27. The fourth-order valence-electron chi connectivity index (χ4n) is 0.364. The van der Waals surface area contributed by atoms with E-state index in [0.717, 1.165) is 5.70 Å². The van der Waals surface area contributed by atoms with Gasteiger partial charge in [0.2, 0.25) is 0 Å². The summed E-state index contributed by atoms with van der Waals surface area (Å²) in [4.78, 5) is 3.75. The molecule has 1 aliphatic rings. The third kappa shape index (κ3) is 0.962. The van der Waals surface area contributed by atoms with Crippen LogP contribution in [0, 0.1) is 0 Å². The molecule has 0 radical (unpaired) electrons. The second-order valence-corrected chi connectivity index (χ2v) is 2.43. The largest absolute Gasteiger partial charge is 0.251 e. The summed E-state index contributed by atoms with van der Waals surface area (Å²) < 4.78 is 10.3. The molecule has 0 aromatic rings. The highest BCUT2D eigenvalue weighted by Crippen LogP contribution is 2.01. The number of allylic oxidation sites excluding steroid dienone is 1. The van der Waals surface area contributed by atoms with Gasteiger partial charge in [-0.3, -0.25) is 4.99 Å². The lowest BCUT2D eigenvalue weighted by Gasteiger charge is -1.71. The second kappa shape index (κ2) is 1.58. The zero-order valence-electron chi connectivity index (χ0n) is 3.92. The zero-order valence-corrected chi connectivity index (χ0v) is 4.73. The number of aliphatic imine (C=N–C) groups is 1. The Balaban J connectivity index is 2.88. The highest BCUT2D eigenvalue weighted by Gasteiger charge is 1.96. The molecule has 0 aromatic heterocycles. The molecule has 1 aliphatic heterocycles. The number of hydrogen-bond acceptors (Lipinski definition) is 2. The monoisotopic (exact) mass is 115 g/mol. The Labute approximate surface area is 44.4 Å². The number of nitrogens with zero attached hydrogens (tertiary/aromatic N) is 1. The van der Waals surface area contributed by atoms with E-state index >= 15 is 0 Å². The topological polar surface area (TPSA) is 29.4 Å². The van der Waals surface area contributed by atoms with Crippen LogP contribution in [0.1, 0.15) is 6.92 Å². The average Bonchev–Trinajstić information content (AvgIpc) is 1.87. The van der Waals surface area contributed by atoms with Crippen LogP contribution in [0.3, 0.4) is 0 Å². The van der Waals surface area contributed by atoms with E-state index in [0.29, 0.717) is 0 Å². The molecule has 1 unspecified atom stereocenters. The van der Waals surface area contributed by atoms with E-state index in [4.69, 9.17) is 0 Å². The van der Waals surface area contributed by atoms with Crippen molar-refractivity contribution < 1.29 is 4.21 Å². The Morgan fingerprint density at radius 2 is 2.57 bits per heavy atom. The van der Waals surface area contributed by atoms with Crippen molar-refractivity contribution in [3.05, 3.63) is 11.1 Å². The highest BCUT2D eigenvalue weighted by molar-refractivity contribution is 8.01. The molecule has 0 bridgehead atoms. The standard InChI is InChI=1S/C4H5NOS/c1-4-2-7(6)3-5-4/h2-3H,1H3. The molecular weight excluding hydrogens is 110 g/mol. The molecule has 0 spiro atoms. The zero-order chi connectivity index (χ0) is 5.28. The minimum atomic E-state index is -0.907. The van der Waals surface area contributed by atoms with Crippen LogP contribution in [0.25, 0.3) is 0 Å². The van der Waals surface area contributed by atoms with Crippen molar-refractivity contribution in [2.24, 2.45) is 4.99 Å².